The molecule has 20 heavy (non-hydrogen) atoms. The zero-order chi connectivity index (χ0) is 15.0. The van der Waals surface area contributed by atoms with Crippen molar-refractivity contribution in [2.45, 2.75) is 45.6 Å². The van der Waals surface area contributed by atoms with E-state index < -0.39 is 6.10 Å². The molecule has 1 rings (SSSR count). The first-order valence-electron chi connectivity index (χ1n) is 7.19. The number of aliphatic hydroxyl groups excluding tert-OH is 1. The Morgan fingerprint density at radius 1 is 1.30 bits per heavy atom. The molecule has 0 spiro atoms. The largest absolute Gasteiger partial charge is 0.497 e. The van der Waals surface area contributed by atoms with Crippen LogP contribution in [0.15, 0.2) is 35.9 Å². The van der Waals surface area contributed by atoms with E-state index in [0.717, 1.165) is 30.6 Å². The zero-order valence-corrected chi connectivity index (χ0v) is 12.6. The van der Waals surface area contributed by atoms with Crippen molar-refractivity contribution < 1.29 is 14.6 Å². The number of unbranched alkanes of at least 4 members (excludes halogenated alkanes) is 2. The van der Waals surface area contributed by atoms with Crippen molar-refractivity contribution in [3.63, 3.8) is 0 Å². The van der Waals surface area contributed by atoms with Gasteiger partial charge in [-0.25, -0.2) is 0 Å². The van der Waals surface area contributed by atoms with Gasteiger partial charge in [0.15, 0.2) is 5.78 Å². The van der Waals surface area contributed by atoms with E-state index in [1.165, 1.54) is 0 Å². The molecule has 1 aromatic rings. The molecule has 0 amide bonds. The summed E-state index contributed by atoms with van der Waals surface area (Å²) in [4.78, 5) is 12.0. The highest BCUT2D eigenvalue weighted by atomic mass is 16.5. The van der Waals surface area contributed by atoms with Gasteiger partial charge in [0.2, 0.25) is 0 Å². The fraction of sp³-hybridized carbons (Fsp3) is 0.471. The summed E-state index contributed by atoms with van der Waals surface area (Å²) in [5.41, 5.74) is 1.22. The first kappa shape index (κ1) is 16.4. The minimum Gasteiger partial charge on any atom is -0.497 e. The molecule has 3 nitrogen and oxygen atoms in total. The van der Waals surface area contributed by atoms with Gasteiger partial charge in [0, 0.05) is 12.0 Å². The predicted molar refractivity (Wildman–Crippen MR) is 80.9 cm³/mol. The Morgan fingerprint density at radius 2 is 1.95 bits per heavy atom. The molecule has 0 saturated heterocycles. The topological polar surface area (TPSA) is 46.5 Å². The van der Waals surface area contributed by atoms with E-state index in [1.54, 1.807) is 31.4 Å². The van der Waals surface area contributed by atoms with Crippen molar-refractivity contribution in [1.82, 2.24) is 0 Å². The number of allylic oxidation sites excluding steroid dienone is 1. The number of carbonyl (C=O) groups excluding carboxylic acids is 1. The Hall–Kier alpha value is -1.61. The second kappa shape index (κ2) is 8.54. The van der Waals surface area contributed by atoms with Crippen LogP contribution in [0.1, 0.15) is 51.2 Å². The van der Waals surface area contributed by atoms with Gasteiger partial charge in [-0.3, -0.25) is 4.79 Å². The average molecular weight is 276 g/mol. The van der Waals surface area contributed by atoms with Crippen molar-refractivity contribution >= 4 is 5.78 Å². The van der Waals surface area contributed by atoms with Crippen molar-refractivity contribution in [2.24, 2.45) is 0 Å². The molecule has 0 bridgehead atoms. The number of benzene rings is 1. The molecule has 110 valence electrons. The minimum atomic E-state index is -0.856. The van der Waals surface area contributed by atoms with Crippen molar-refractivity contribution in [1.29, 1.82) is 0 Å². The van der Waals surface area contributed by atoms with E-state index in [9.17, 15) is 9.90 Å². The fourth-order valence-electron chi connectivity index (χ4n) is 2.01. The highest BCUT2D eigenvalue weighted by Crippen LogP contribution is 2.25. The molecule has 0 aliphatic heterocycles. The van der Waals surface area contributed by atoms with Gasteiger partial charge in [-0.2, -0.15) is 0 Å². The summed E-state index contributed by atoms with van der Waals surface area (Å²) >= 11 is 0. The molecule has 1 atom stereocenters. The monoisotopic (exact) mass is 276 g/mol. The third-order valence-electron chi connectivity index (χ3n) is 3.29. The van der Waals surface area contributed by atoms with Gasteiger partial charge in [0.25, 0.3) is 0 Å². The molecule has 1 unspecified atom stereocenters. The van der Waals surface area contributed by atoms with Crippen LogP contribution in [0.25, 0.3) is 0 Å². The number of hydrogen-bond donors (Lipinski definition) is 1. The molecular formula is C17H24O3. The first-order valence-corrected chi connectivity index (χ1v) is 7.19. The molecule has 0 aliphatic rings. The highest BCUT2D eigenvalue weighted by molar-refractivity contribution is 5.96. The Balaban J connectivity index is 2.93. The van der Waals surface area contributed by atoms with Crippen molar-refractivity contribution in [2.75, 3.05) is 7.11 Å². The number of ether oxygens (including phenoxy) is 1. The second-order valence-corrected chi connectivity index (χ2v) is 4.75. The van der Waals surface area contributed by atoms with Crippen molar-refractivity contribution in [3.05, 3.63) is 41.5 Å². The molecule has 0 heterocycles. The SMILES string of the molecule is CCCC/C=C(\C(=O)CC)C(O)c1ccc(OC)cc1. The summed E-state index contributed by atoms with van der Waals surface area (Å²) < 4.78 is 5.09. The van der Waals surface area contributed by atoms with E-state index in [0.29, 0.717) is 12.0 Å². The Labute approximate surface area is 121 Å². The molecule has 0 radical (unpaired) electrons. The number of rotatable bonds is 8. The van der Waals surface area contributed by atoms with E-state index in [1.807, 2.05) is 13.0 Å². The summed E-state index contributed by atoms with van der Waals surface area (Å²) in [5, 5.41) is 10.4. The van der Waals surface area contributed by atoms with E-state index >= 15 is 0 Å². The molecular weight excluding hydrogens is 252 g/mol. The van der Waals surface area contributed by atoms with Crippen LogP contribution in [-0.4, -0.2) is 18.0 Å². The van der Waals surface area contributed by atoms with Gasteiger partial charge in [0.05, 0.1) is 7.11 Å². The molecule has 0 saturated carbocycles. The summed E-state index contributed by atoms with van der Waals surface area (Å²) in [7, 11) is 1.60. The molecule has 1 aromatic carbocycles. The van der Waals surface area contributed by atoms with E-state index in [-0.39, 0.29) is 5.78 Å². The maximum absolute atomic E-state index is 12.0. The van der Waals surface area contributed by atoms with Gasteiger partial charge in [-0.1, -0.05) is 44.9 Å². The normalized spacial score (nSPS) is 13.1. The number of hydrogen-bond acceptors (Lipinski definition) is 3. The third kappa shape index (κ3) is 4.49. The number of carbonyl (C=O) groups is 1. The summed E-state index contributed by atoms with van der Waals surface area (Å²) in [6.07, 6.45) is 4.35. The number of ketones is 1. The van der Waals surface area contributed by atoms with Gasteiger partial charge in [-0.05, 0) is 24.1 Å². The maximum atomic E-state index is 12.0. The lowest BCUT2D eigenvalue weighted by Crippen LogP contribution is -2.11. The maximum Gasteiger partial charge on any atom is 0.161 e. The van der Waals surface area contributed by atoms with Crippen LogP contribution in [-0.2, 0) is 4.79 Å². The van der Waals surface area contributed by atoms with Crippen LogP contribution in [0.2, 0.25) is 0 Å². The van der Waals surface area contributed by atoms with Crippen LogP contribution >= 0.6 is 0 Å². The Kier molecular flexibility index (Phi) is 7.02. The number of Topliss-reactive ketones (excluding diaryl/α,β-unsaturated/α-hetero) is 1. The van der Waals surface area contributed by atoms with Crippen molar-refractivity contribution in [3.8, 4) is 5.75 Å². The van der Waals surface area contributed by atoms with Crippen LogP contribution in [0.5, 0.6) is 5.75 Å². The lowest BCUT2D eigenvalue weighted by Gasteiger charge is -2.15. The summed E-state index contributed by atoms with van der Waals surface area (Å²) in [6, 6.07) is 7.16. The van der Waals surface area contributed by atoms with E-state index in [2.05, 4.69) is 6.92 Å². The zero-order valence-electron chi connectivity index (χ0n) is 12.6. The highest BCUT2D eigenvalue weighted by Gasteiger charge is 2.18. The summed E-state index contributed by atoms with van der Waals surface area (Å²) in [5.74, 6) is 0.740. The fourth-order valence-corrected chi connectivity index (χ4v) is 2.01. The smallest absolute Gasteiger partial charge is 0.161 e. The van der Waals surface area contributed by atoms with Crippen LogP contribution in [0.3, 0.4) is 0 Å². The standard InChI is InChI=1S/C17H24O3/c1-4-6-7-8-15(16(18)5-2)17(19)13-9-11-14(20-3)12-10-13/h8-12,17,19H,4-7H2,1-3H3/b15-8+. The molecule has 1 N–H and O–H groups in total. The van der Waals surface area contributed by atoms with Crippen LogP contribution in [0, 0.1) is 0 Å². The molecule has 0 aromatic heterocycles. The first-order chi connectivity index (χ1) is 9.63. The second-order valence-electron chi connectivity index (χ2n) is 4.75. The van der Waals surface area contributed by atoms with Crippen LogP contribution < -0.4 is 4.74 Å². The quantitative estimate of drug-likeness (QED) is 0.580. The predicted octanol–water partition coefficient (Wildman–Crippen LogP) is 3.82. The third-order valence-corrected chi connectivity index (χ3v) is 3.29. The Morgan fingerprint density at radius 3 is 2.45 bits per heavy atom. The van der Waals surface area contributed by atoms with Gasteiger partial charge >= 0.3 is 0 Å². The lowest BCUT2D eigenvalue weighted by atomic mass is 9.95. The Bertz CT molecular complexity index is 446. The van der Waals surface area contributed by atoms with Gasteiger partial charge in [-0.15, -0.1) is 0 Å². The number of methoxy groups -OCH3 is 1. The minimum absolute atomic E-state index is 0.00409. The van der Waals surface area contributed by atoms with Gasteiger partial charge < -0.3 is 9.84 Å². The average Bonchev–Trinajstić information content (AvgIpc) is 2.50. The molecule has 0 fully saturated rings. The molecule has 3 heteroatoms. The summed E-state index contributed by atoms with van der Waals surface area (Å²) in [6.45, 7) is 3.92. The number of aliphatic hydroxyl groups is 1. The molecule has 0 aliphatic carbocycles. The van der Waals surface area contributed by atoms with Crippen LogP contribution in [0.4, 0.5) is 0 Å². The van der Waals surface area contributed by atoms with E-state index in [4.69, 9.17) is 4.74 Å². The lowest BCUT2D eigenvalue weighted by molar-refractivity contribution is -0.116. The van der Waals surface area contributed by atoms with Gasteiger partial charge in [0.1, 0.15) is 11.9 Å².